The molecule has 5 nitrogen and oxygen atoms in total. The van der Waals surface area contributed by atoms with Gasteiger partial charge in [-0.2, -0.15) is 0 Å². The molecule has 0 bridgehead atoms. The van der Waals surface area contributed by atoms with Crippen molar-refractivity contribution < 1.29 is 14.1 Å². The van der Waals surface area contributed by atoms with Crippen molar-refractivity contribution in [3.63, 3.8) is 0 Å². The maximum Gasteiger partial charge on any atom is 0.198 e. The number of nitrogens with zero attached hydrogens (tertiary/aromatic N) is 1. The molecule has 136 valence electrons. The van der Waals surface area contributed by atoms with Gasteiger partial charge in [-0.25, -0.2) is 0 Å². The summed E-state index contributed by atoms with van der Waals surface area (Å²) in [4.78, 5) is 12.3. The maximum absolute atomic E-state index is 12.3. The Hall–Kier alpha value is -2.66. The summed E-state index contributed by atoms with van der Waals surface area (Å²) >= 11 is 0. The van der Waals surface area contributed by atoms with Gasteiger partial charge in [-0.1, -0.05) is 43.3 Å². The van der Waals surface area contributed by atoms with E-state index in [9.17, 15) is 4.79 Å². The summed E-state index contributed by atoms with van der Waals surface area (Å²) in [7, 11) is 0. The molecule has 26 heavy (non-hydrogen) atoms. The summed E-state index contributed by atoms with van der Waals surface area (Å²) in [6.07, 6.45) is 1.30. The molecule has 3 rings (SSSR count). The standard InChI is InChI=1S/C21H24N2O3/c1-4-14-25-21(3,20-16-11-7-9-13-18(16)23-26-20)22-17-12-8-6-10-15(17)19(24)5-2/h6-13,22H,4-5,14H2,1-3H3/t21-/m0/s1. The number of carbonyl (C=O) groups excluding carboxylic acids is 1. The van der Waals surface area contributed by atoms with Crippen molar-refractivity contribution in [2.24, 2.45) is 0 Å². The van der Waals surface area contributed by atoms with Crippen LogP contribution in [0.3, 0.4) is 0 Å². The van der Waals surface area contributed by atoms with E-state index in [1.165, 1.54) is 0 Å². The SMILES string of the molecule is CCCO[C@](C)(Nc1ccccc1C(=O)CC)c1onc2ccccc12. The second-order valence-corrected chi connectivity index (χ2v) is 6.36. The highest BCUT2D eigenvalue weighted by atomic mass is 16.5. The minimum atomic E-state index is -0.948. The molecule has 0 aliphatic carbocycles. The Morgan fingerprint density at radius 3 is 2.65 bits per heavy atom. The molecular weight excluding hydrogens is 328 g/mol. The quantitative estimate of drug-likeness (QED) is 0.449. The first-order valence-electron chi connectivity index (χ1n) is 8.98. The van der Waals surface area contributed by atoms with Gasteiger partial charge in [0, 0.05) is 29.7 Å². The Kier molecular flexibility index (Phi) is 5.38. The zero-order valence-corrected chi connectivity index (χ0v) is 15.4. The number of hydrogen-bond acceptors (Lipinski definition) is 5. The number of rotatable bonds is 8. The Morgan fingerprint density at radius 2 is 1.88 bits per heavy atom. The smallest absolute Gasteiger partial charge is 0.198 e. The first-order chi connectivity index (χ1) is 12.6. The van der Waals surface area contributed by atoms with Crippen LogP contribution < -0.4 is 5.32 Å². The zero-order chi connectivity index (χ0) is 18.6. The fourth-order valence-electron chi connectivity index (χ4n) is 2.98. The molecule has 0 unspecified atom stereocenters. The van der Waals surface area contributed by atoms with Gasteiger partial charge in [-0.15, -0.1) is 0 Å². The lowest BCUT2D eigenvalue weighted by Crippen LogP contribution is -2.36. The summed E-state index contributed by atoms with van der Waals surface area (Å²) < 4.78 is 11.8. The van der Waals surface area contributed by atoms with Crippen molar-refractivity contribution in [3.05, 3.63) is 59.9 Å². The highest BCUT2D eigenvalue weighted by Crippen LogP contribution is 2.34. The van der Waals surface area contributed by atoms with Crippen molar-refractivity contribution in [1.82, 2.24) is 5.16 Å². The molecule has 0 aliphatic heterocycles. The van der Waals surface area contributed by atoms with Crippen LogP contribution in [0.15, 0.2) is 53.1 Å². The van der Waals surface area contributed by atoms with E-state index < -0.39 is 5.72 Å². The van der Waals surface area contributed by atoms with Crippen LogP contribution in [0.4, 0.5) is 5.69 Å². The molecule has 0 saturated heterocycles. The Morgan fingerprint density at radius 1 is 1.15 bits per heavy atom. The van der Waals surface area contributed by atoms with Crippen LogP contribution in [0.25, 0.3) is 10.9 Å². The summed E-state index contributed by atoms with van der Waals surface area (Å²) in [5.41, 5.74) is 1.19. The number of carbonyl (C=O) groups is 1. The lowest BCUT2D eigenvalue weighted by atomic mass is 10.0. The van der Waals surface area contributed by atoms with Crippen LogP contribution >= 0.6 is 0 Å². The Bertz CT molecular complexity index is 903. The predicted molar refractivity (Wildman–Crippen MR) is 102 cm³/mol. The van der Waals surface area contributed by atoms with E-state index in [0.29, 0.717) is 24.4 Å². The Balaban J connectivity index is 2.05. The van der Waals surface area contributed by atoms with E-state index in [1.807, 2.05) is 69.3 Å². The summed E-state index contributed by atoms with van der Waals surface area (Å²) in [6, 6.07) is 15.2. The largest absolute Gasteiger partial charge is 0.355 e. The zero-order valence-electron chi connectivity index (χ0n) is 15.4. The van der Waals surface area contributed by atoms with Gasteiger partial charge in [-0.05, 0) is 37.6 Å². The van der Waals surface area contributed by atoms with Gasteiger partial charge >= 0.3 is 0 Å². The molecule has 5 heteroatoms. The molecule has 1 N–H and O–H groups in total. The molecule has 1 heterocycles. The molecule has 0 fully saturated rings. The minimum absolute atomic E-state index is 0.0772. The number of benzene rings is 2. The third-order valence-corrected chi connectivity index (χ3v) is 4.33. The summed E-state index contributed by atoms with van der Waals surface area (Å²) in [5, 5.41) is 8.42. The fraction of sp³-hybridized carbons (Fsp3) is 0.333. The molecule has 0 saturated carbocycles. The number of hydrogen-bond donors (Lipinski definition) is 1. The van der Waals surface area contributed by atoms with Gasteiger partial charge in [0.25, 0.3) is 0 Å². The van der Waals surface area contributed by atoms with Crippen LogP contribution in [0.1, 0.15) is 49.7 Å². The van der Waals surface area contributed by atoms with Gasteiger partial charge in [-0.3, -0.25) is 4.79 Å². The van der Waals surface area contributed by atoms with Crippen LogP contribution in [0.5, 0.6) is 0 Å². The summed E-state index contributed by atoms with van der Waals surface area (Å²) in [5.74, 6) is 0.675. The summed E-state index contributed by atoms with van der Waals surface area (Å²) in [6.45, 7) is 6.36. The molecular formula is C21H24N2O3. The van der Waals surface area contributed by atoms with Crippen molar-refractivity contribution in [3.8, 4) is 0 Å². The molecule has 1 atom stereocenters. The van der Waals surface area contributed by atoms with Crippen LogP contribution in [-0.2, 0) is 10.5 Å². The molecule has 1 aromatic heterocycles. The predicted octanol–water partition coefficient (Wildman–Crippen LogP) is 5.13. The fourth-order valence-corrected chi connectivity index (χ4v) is 2.98. The van der Waals surface area contributed by atoms with Gasteiger partial charge in [0.15, 0.2) is 17.3 Å². The molecule has 0 amide bonds. The second kappa shape index (κ2) is 7.70. The van der Waals surface area contributed by atoms with Gasteiger partial charge in [0.1, 0.15) is 5.52 Å². The van der Waals surface area contributed by atoms with E-state index in [4.69, 9.17) is 9.26 Å². The van der Waals surface area contributed by atoms with Gasteiger partial charge in [0.05, 0.1) is 0 Å². The van der Waals surface area contributed by atoms with E-state index in [0.717, 1.165) is 23.0 Å². The Labute approximate surface area is 153 Å². The van der Waals surface area contributed by atoms with Crippen LogP contribution in [0, 0.1) is 0 Å². The number of ketones is 1. The average molecular weight is 352 g/mol. The maximum atomic E-state index is 12.3. The van der Waals surface area contributed by atoms with Crippen molar-refractivity contribution in [2.45, 2.75) is 39.3 Å². The van der Waals surface area contributed by atoms with Crippen molar-refractivity contribution in [1.29, 1.82) is 0 Å². The average Bonchev–Trinajstić information content (AvgIpc) is 3.11. The highest BCUT2D eigenvalue weighted by Gasteiger charge is 2.35. The van der Waals surface area contributed by atoms with Crippen molar-refractivity contribution in [2.75, 3.05) is 11.9 Å². The number of Topliss-reactive ketones (excluding diaryl/α,β-unsaturated/α-hetero) is 1. The molecule has 3 aromatic rings. The second-order valence-electron chi connectivity index (χ2n) is 6.36. The molecule has 0 aliphatic rings. The highest BCUT2D eigenvalue weighted by molar-refractivity contribution is 6.01. The lowest BCUT2D eigenvalue weighted by Gasteiger charge is -2.30. The molecule has 0 radical (unpaired) electrons. The number of fused-ring (bicyclic) bond motifs is 1. The van der Waals surface area contributed by atoms with E-state index in [2.05, 4.69) is 10.5 Å². The third kappa shape index (κ3) is 3.48. The lowest BCUT2D eigenvalue weighted by molar-refractivity contribution is -0.0307. The van der Waals surface area contributed by atoms with Gasteiger partial charge < -0.3 is 14.6 Å². The monoisotopic (exact) mass is 352 g/mol. The first-order valence-corrected chi connectivity index (χ1v) is 8.98. The number of aromatic nitrogens is 1. The van der Waals surface area contributed by atoms with E-state index in [1.54, 1.807) is 0 Å². The normalized spacial score (nSPS) is 13.5. The first kappa shape index (κ1) is 18.1. The number of anilines is 1. The molecule has 2 aromatic carbocycles. The van der Waals surface area contributed by atoms with Crippen LogP contribution in [-0.4, -0.2) is 17.5 Å². The van der Waals surface area contributed by atoms with E-state index >= 15 is 0 Å². The minimum Gasteiger partial charge on any atom is -0.355 e. The van der Waals surface area contributed by atoms with E-state index in [-0.39, 0.29) is 5.78 Å². The van der Waals surface area contributed by atoms with Gasteiger partial charge in [0.2, 0.25) is 0 Å². The molecule has 0 spiro atoms. The van der Waals surface area contributed by atoms with Crippen molar-refractivity contribution >= 4 is 22.4 Å². The number of nitrogens with one attached hydrogen (secondary N) is 1. The number of ether oxygens (including phenoxy) is 1. The topological polar surface area (TPSA) is 64.4 Å². The number of para-hydroxylation sites is 1. The third-order valence-electron chi connectivity index (χ3n) is 4.33. The van der Waals surface area contributed by atoms with Crippen LogP contribution in [0.2, 0.25) is 0 Å².